The molecule has 0 saturated carbocycles. The average Bonchev–Trinajstić information content (AvgIpc) is 2.15. The van der Waals surface area contributed by atoms with Crippen molar-refractivity contribution in [3.8, 4) is 0 Å². The van der Waals surface area contributed by atoms with Crippen molar-refractivity contribution in [1.29, 1.82) is 0 Å². The third-order valence-electron chi connectivity index (χ3n) is 1.96. The SMILES string of the molecule is C=CC[C@@H](Br)[C@@](O)(C[N+](=O)[O-])C(=O)OC(C)C. The summed E-state index contributed by atoms with van der Waals surface area (Å²) in [6.07, 6.45) is 1.20. The van der Waals surface area contributed by atoms with E-state index in [2.05, 4.69) is 22.5 Å². The van der Waals surface area contributed by atoms with Crippen LogP contribution in [0.25, 0.3) is 0 Å². The van der Waals surface area contributed by atoms with Crippen molar-refractivity contribution in [2.75, 3.05) is 6.54 Å². The molecule has 17 heavy (non-hydrogen) atoms. The number of esters is 1. The van der Waals surface area contributed by atoms with Gasteiger partial charge in [0, 0.05) is 4.92 Å². The monoisotopic (exact) mass is 309 g/mol. The van der Waals surface area contributed by atoms with Gasteiger partial charge in [-0.1, -0.05) is 22.0 Å². The second-order valence-electron chi connectivity index (χ2n) is 3.86. The highest BCUT2D eigenvalue weighted by Gasteiger charge is 2.49. The van der Waals surface area contributed by atoms with Crippen LogP contribution < -0.4 is 0 Å². The molecule has 7 heteroatoms. The summed E-state index contributed by atoms with van der Waals surface area (Å²) in [5, 5.41) is 20.6. The molecule has 1 N–H and O–H groups in total. The smallest absolute Gasteiger partial charge is 0.346 e. The fourth-order valence-electron chi connectivity index (χ4n) is 1.15. The van der Waals surface area contributed by atoms with Gasteiger partial charge in [0.25, 0.3) is 0 Å². The van der Waals surface area contributed by atoms with E-state index in [9.17, 15) is 20.0 Å². The molecule has 0 aliphatic rings. The van der Waals surface area contributed by atoms with Crippen LogP contribution in [0.3, 0.4) is 0 Å². The van der Waals surface area contributed by atoms with E-state index in [1.165, 1.54) is 6.08 Å². The maximum Gasteiger partial charge on any atom is 0.346 e. The summed E-state index contributed by atoms with van der Waals surface area (Å²) >= 11 is 3.05. The Bertz CT molecular complexity index is 307. The molecule has 0 aliphatic heterocycles. The first-order valence-corrected chi connectivity index (χ1v) is 5.95. The largest absolute Gasteiger partial charge is 0.461 e. The van der Waals surface area contributed by atoms with Crippen LogP contribution in [-0.2, 0) is 9.53 Å². The summed E-state index contributed by atoms with van der Waals surface area (Å²) in [5.74, 6) is -1.01. The van der Waals surface area contributed by atoms with Crippen molar-refractivity contribution in [1.82, 2.24) is 0 Å². The van der Waals surface area contributed by atoms with Crippen LogP contribution >= 0.6 is 15.9 Å². The van der Waals surface area contributed by atoms with E-state index >= 15 is 0 Å². The summed E-state index contributed by atoms with van der Waals surface area (Å²) in [5.41, 5.74) is -2.19. The van der Waals surface area contributed by atoms with Gasteiger partial charge in [0.1, 0.15) is 0 Å². The van der Waals surface area contributed by atoms with Gasteiger partial charge in [-0.2, -0.15) is 0 Å². The second-order valence-corrected chi connectivity index (χ2v) is 4.97. The van der Waals surface area contributed by atoms with Crippen molar-refractivity contribution >= 4 is 21.9 Å². The van der Waals surface area contributed by atoms with Crippen LogP contribution in [0.4, 0.5) is 0 Å². The zero-order valence-electron chi connectivity index (χ0n) is 9.76. The highest BCUT2D eigenvalue weighted by atomic mass is 79.9. The number of halogens is 1. The number of carbonyl (C=O) groups is 1. The number of allylic oxidation sites excluding steroid dienone is 1. The number of hydrogen-bond acceptors (Lipinski definition) is 5. The summed E-state index contributed by atoms with van der Waals surface area (Å²) < 4.78 is 4.83. The molecule has 0 rings (SSSR count). The summed E-state index contributed by atoms with van der Waals surface area (Å²) in [7, 11) is 0. The second kappa shape index (κ2) is 6.70. The molecule has 0 aromatic heterocycles. The van der Waals surface area contributed by atoms with Gasteiger partial charge in [0.05, 0.1) is 10.9 Å². The van der Waals surface area contributed by atoms with Gasteiger partial charge in [-0.3, -0.25) is 10.1 Å². The third kappa shape index (κ3) is 4.82. The summed E-state index contributed by atoms with van der Waals surface area (Å²) in [4.78, 5) is 20.6. The van der Waals surface area contributed by atoms with Gasteiger partial charge in [0.15, 0.2) is 0 Å². The highest BCUT2D eigenvalue weighted by molar-refractivity contribution is 9.09. The molecule has 0 bridgehead atoms. The Labute approximate surface area is 108 Å². The van der Waals surface area contributed by atoms with E-state index in [1.54, 1.807) is 13.8 Å². The number of ether oxygens (including phenoxy) is 1. The molecule has 98 valence electrons. The maximum atomic E-state index is 11.7. The zero-order chi connectivity index (χ0) is 13.6. The Morgan fingerprint density at radius 2 is 2.24 bits per heavy atom. The maximum absolute atomic E-state index is 11.7. The molecule has 2 atom stereocenters. The van der Waals surface area contributed by atoms with E-state index in [0.29, 0.717) is 0 Å². The molecular formula is C10H16BrNO5. The van der Waals surface area contributed by atoms with E-state index in [4.69, 9.17) is 4.74 Å². The van der Waals surface area contributed by atoms with Crippen molar-refractivity contribution < 1.29 is 19.6 Å². The molecule has 0 saturated heterocycles. The molecule has 0 radical (unpaired) electrons. The normalized spacial score (nSPS) is 16.1. The van der Waals surface area contributed by atoms with Crippen molar-refractivity contribution in [3.05, 3.63) is 22.8 Å². The quantitative estimate of drug-likeness (QED) is 0.251. The first-order chi connectivity index (χ1) is 7.74. The minimum Gasteiger partial charge on any atom is -0.461 e. The van der Waals surface area contributed by atoms with E-state index in [0.717, 1.165) is 0 Å². The standard InChI is InChI=1S/C10H16BrNO5/c1-4-5-8(11)10(14,6-12(15)16)9(13)17-7(2)3/h4,7-8,14H,1,5-6H2,2-3H3/t8-,10+/m1/s1. The fourth-order valence-corrected chi connectivity index (χ4v) is 1.74. The molecule has 0 aromatic carbocycles. The van der Waals surface area contributed by atoms with E-state index < -0.39 is 34.0 Å². The Balaban J connectivity index is 5.00. The molecule has 0 unspecified atom stereocenters. The number of alkyl halides is 1. The molecule has 0 aliphatic carbocycles. The lowest BCUT2D eigenvalue weighted by Gasteiger charge is -2.27. The van der Waals surface area contributed by atoms with Crippen LogP contribution in [0, 0.1) is 10.1 Å². The molecule has 0 spiro atoms. The summed E-state index contributed by atoms with van der Waals surface area (Å²) in [6.45, 7) is 5.73. The third-order valence-corrected chi connectivity index (χ3v) is 3.09. The number of nitro groups is 1. The number of rotatable bonds is 7. The summed E-state index contributed by atoms with van der Waals surface area (Å²) in [6, 6.07) is 0. The first kappa shape index (κ1) is 16.1. The van der Waals surface area contributed by atoms with Crippen molar-refractivity contribution in [2.45, 2.75) is 36.8 Å². The lowest BCUT2D eigenvalue weighted by molar-refractivity contribution is -0.497. The van der Waals surface area contributed by atoms with E-state index in [1.807, 2.05) is 0 Å². The molecule has 6 nitrogen and oxygen atoms in total. The Morgan fingerprint density at radius 3 is 2.59 bits per heavy atom. The highest BCUT2D eigenvalue weighted by Crippen LogP contribution is 2.24. The van der Waals surface area contributed by atoms with Gasteiger partial charge < -0.3 is 9.84 Å². The minimum absolute atomic E-state index is 0.206. The predicted octanol–water partition coefficient (Wildman–Crippen LogP) is 1.29. The zero-order valence-corrected chi connectivity index (χ0v) is 11.3. The molecule has 0 fully saturated rings. The van der Waals surface area contributed by atoms with E-state index in [-0.39, 0.29) is 6.42 Å². The molecule has 0 heterocycles. The van der Waals surface area contributed by atoms with Gasteiger partial charge in [-0.05, 0) is 20.3 Å². The van der Waals surface area contributed by atoms with Gasteiger partial charge in [-0.15, -0.1) is 6.58 Å². The molecule has 0 amide bonds. The average molecular weight is 310 g/mol. The molecule has 0 aromatic rings. The van der Waals surface area contributed by atoms with Crippen molar-refractivity contribution in [3.63, 3.8) is 0 Å². The Hall–Kier alpha value is -0.950. The van der Waals surface area contributed by atoms with Gasteiger partial charge in [-0.25, -0.2) is 4.79 Å². The number of carbonyl (C=O) groups excluding carboxylic acids is 1. The van der Waals surface area contributed by atoms with Gasteiger partial charge >= 0.3 is 5.97 Å². The van der Waals surface area contributed by atoms with Crippen LogP contribution in [0.5, 0.6) is 0 Å². The van der Waals surface area contributed by atoms with Crippen LogP contribution in [0.2, 0.25) is 0 Å². The van der Waals surface area contributed by atoms with Crippen LogP contribution in [0.15, 0.2) is 12.7 Å². The number of aliphatic hydroxyl groups is 1. The molecular weight excluding hydrogens is 294 g/mol. The fraction of sp³-hybridized carbons (Fsp3) is 0.700. The first-order valence-electron chi connectivity index (χ1n) is 5.04. The predicted molar refractivity (Wildman–Crippen MR) is 65.6 cm³/mol. The lowest BCUT2D eigenvalue weighted by atomic mass is 9.97. The minimum atomic E-state index is -2.19. The topological polar surface area (TPSA) is 89.7 Å². The number of nitrogens with zero attached hydrogens (tertiary/aromatic N) is 1. The van der Waals surface area contributed by atoms with Crippen LogP contribution in [-0.4, -0.2) is 39.1 Å². The van der Waals surface area contributed by atoms with Crippen molar-refractivity contribution in [2.24, 2.45) is 0 Å². The van der Waals surface area contributed by atoms with Gasteiger partial charge in [0.2, 0.25) is 12.1 Å². The lowest BCUT2D eigenvalue weighted by Crippen LogP contribution is -2.53. The number of hydrogen-bond donors (Lipinski definition) is 1. The van der Waals surface area contributed by atoms with Crippen LogP contribution in [0.1, 0.15) is 20.3 Å². The Kier molecular flexibility index (Phi) is 6.33. The Morgan fingerprint density at radius 1 is 1.71 bits per heavy atom.